The van der Waals surface area contributed by atoms with Crippen LogP contribution in [0.25, 0.3) is 0 Å². The van der Waals surface area contributed by atoms with E-state index >= 15 is 0 Å². The van der Waals surface area contributed by atoms with Crippen LogP contribution >= 0.6 is 0 Å². The Balaban J connectivity index is 1.84. The van der Waals surface area contributed by atoms with E-state index in [1.54, 1.807) is 0 Å². The van der Waals surface area contributed by atoms with Crippen molar-refractivity contribution < 1.29 is 0 Å². The molecule has 1 atom stereocenters. The molecule has 0 radical (unpaired) electrons. The topological polar surface area (TPSA) is 29.9 Å². The fraction of sp³-hybridized carbons (Fsp3) is 0.786. The van der Waals surface area contributed by atoms with Gasteiger partial charge in [-0.05, 0) is 31.6 Å². The maximum atomic E-state index is 4.82. The molecule has 3 heteroatoms. The first-order valence-corrected chi connectivity index (χ1v) is 7.21. The van der Waals surface area contributed by atoms with Gasteiger partial charge in [0.2, 0.25) is 0 Å². The van der Waals surface area contributed by atoms with Crippen LogP contribution in [0.4, 0.5) is 5.82 Å². The summed E-state index contributed by atoms with van der Waals surface area (Å²) in [6.07, 6.45) is 9.22. The standard InChI is InChI=1S/C14H23N3/c1-2-5-12-10-14-15-9-8-13(17(14)16-12)11-6-3-4-7-11/h10-11,13,15H,2-9H2,1H3. The van der Waals surface area contributed by atoms with Gasteiger partial charge in [-0.15, -0.1) is 0 Å². The Bertz CT molecular complexity index is 377. The van der Waals surface area contributed by atoms with Crippen LogP contribution in [-0.2, 0) is 6.42 Å². The molecule has 2 aliphatic rings. The molecule has 2 heterocycles. The van der Waals surface area contributed by atoms with Crippen LogP contribution in [0.2, 0.25) is 0 Å². The average Bonchev–Trinajstić information content (AvgIpc) is 2.97. The quantitative estimate of drug-likeness (QED) is 0.867. The summed E-state index contributed by atoms with van der Waals surface area (Å²) in [5, 5.41) is 8.32. The molecule has 1 unspecified atom stereocenters. The second-order valence-electron chi connectivity index (χ2n) is 5.54. The third-order valence-corrected chi connectivity index (χ3v) is 4.30. The number of nitrogens with zero attached hydrogens (tertiary/aromatic N) is 2. The first kappa shape index (κ1) is 11.1. The van der Waals surface area contributed by atoms with E-state index in [1.165, 1.54) is 50.0 Å². The Hall–Kier alpha value is -0.990. The van der Waals surface area contributed by atoms with Gasteiger partial charge < -0.3 is 5.32 Å². The average molecular weight is 233 g/mol. The highest BCUT2D eigenvalue weighted by molar-refractivity contribution is 5.39. The van der Waals surface area contributed by atoms with Crippen molar-refractivity contribution in [2.45, 2.75) is 57.9 Å². The number of anilines is 1. The number of aryl methyl sites for hydroxylation is 1. The van der Waals surface area contributed by atoms with Crippen LogP contribution < -0.4 is 5.32 Å². The van der Waals surface area contributed by atoms with Crippen LogP contribution in [-0.4, -0.2) is 16.3 Å². The van der Waals surface area contributed by atoms with Gasteiger partial charge >= 0.3 is 0 Å². The molecule has 1 saturated carbocycles. The largest absolute Gasteiger partial charge is 0.370 e. The van der Waals surface area contributed by atoms with Crippen LogP contribution in [0.3, 0.4) is 0 Å². The lowest BCUT2D eigenvalue weighted by molar-refractivity contribution is 0.289. The smallest absolute Gasteiger partial charge is 0.124 e. The van der Waals surface area contributed by atoms with E-state index in [-0.39, 0.29) is 0 Å². The zero-order valence-electron chi connectivity index (χ0n) is 10.8. The monoisotopic (exact) mass is 233 g/mol. The van der Waals surface area contributed by atoms with Crippen LogP contribution in [0.5, 0.6) is 0 Å². The normalized spacial score (nSPS) is 24.6. The number of nitrogens with one attached hydrogen (secondary N) is 1. The number of hydrogen-bond donors (Lipinski definition) is 1. The maximum Gasteiger partial charge on any atom is 0.124 e. The van der Waals surface area contributed by atoms with E-state index in [1.807, 2.05) is 0 Å². The van der Waals surface area contributed by atoms with Gasteiger partial charge in [-0.1, -0.05) is 26.2 Å². The van der Waals surface area contributed by atoms with Gasteiger partial charge in [0.05, 0.1) is 11.7 Å². The van der Waals surface area contributed by atoms with Crippen molar-refractivity contribution in [3.8, 4) is 0 Å². The minimum Gasteiger partial charge on any atom is -0.370 e. The molecule has 1 aromatic rings. The predicted molar refractivity (Wildman–Crippen MR) is 70.3 cm³/mol. The summed E-state index contributed by atoms with van der Waals surface area (Å²) in [6, 6.07) is 2.92. The second kappa shape index (κ2) is 4.71. The SMILES string of the molecule is CCCc1cc2n(n1)C(C1CCCC1)CCN2. The molecule has 3 nitrogen and oxygen atoms in total. The molecule has 0 spiro atoms. The second-order valence-corrected chi connectivity index (χ2v) is 5.54. The van der Waals surface area contributed by atoms with Gasteiger partial charge in [-0.25, -0.2) is 4.68 Å². The fourth-order valence-electron chi connectivity index (χ4n) is 3.46. The molecule has 1 aliphatic carbocycles. The summed E-state index contributed by atoms with van der Waals surface area (Å²) in [6.45, 7) is 3.35. The molecule has 0 saturated heterocycles. The lowest BCUT2D eigenvalue weighted by Crippen LogP contribution is -2.28. The summed E-state index contributed by atoms with van der Waals surface area (Å²) in [5.41, 5.74) is 1.26. The molecule has 94 valence electrons. The lowest BCUT2D eigenvalue weighted by atomic mass is 9.94. The minimum atomic E-state index is 0.666. The van der Waals surface area contributed by atoms with Crippen molar-refractivity contribution in [1.29, 1.82) is 0 Å². The van der Waals surface area contributed by atoms with Crippen molar-refractivity contribution in [1.82, 2.24) is 9.78 Å². The van der Waals surface area contributed by atoms with Gasteiger partial charge in [0.15, 0.2) is 0 Å². The Morgan fingerprint density at radius 2 is 2.18 bits per heavy atom. The lowest BCUT2D eigenvalue weighted by Gasteiger charge is -2.30. The first-order valence-electron chi connectivity index (χ1n) is 7.21. The third kappa shape index (κ3) is 2.07. The van der Waals surface area contributed by atoms with Gasteiger partial charge in [-0.2, -0.15) is 5.10 Å². The zero-order chi connectivity index (χ0) is 11.7. The molecule has 1 N–H and O–H groups in total. The highest BCUT2D eigenvalue weighted by atomic mass is 15.4. The molecular formula is C14H23N3. The number of fused-ring (bicyclic) bond motifs is 1. The van der Waals surface area contributed by atoms with Crippen molar-refractivity contribution in [3.63, 3.8) is 0 Å². The van der Waals surface area contributed by atoms with E-state index in [9.17, 15) is 0 Å². The van der Waals surface area contributed by atoms with E-state index in [0.717, 1.165) is 18.9 Å². The molecule has 0 aromatic carbocycles. The highest BCUT2D eigenvalue weighted by Crippen LogP contribution is 2.39. The van der Waals surface area contributed by atoms with Gasteiger partial charge in [0, 0.05) is 12.6 Å². The van der Waals surface area contributed by atoms with Crippen molar-refractivity contribution in [3.05, 3.63) is 11.8 Å². The van der Waals surface area contributed by atoms with Crippen molar-refractivity contribution in [2.24, 2.45) is 5.92 Å². The van der Waals surface area contributed by atoms with Gasteiger partial charge in [0.25, 0.3) is 0 Å². The first-order chi connectivity index (χ1) is 8.38. The van der Waals surface area contributed by atoms with E-state index < -0.39 is 0 Å². The molecule has 1 aliphatic heterocycles. The summed E-state index contributed by atoms with van der Waals surface area (Å²) >= 11 is 0. The molecule has 3 rings (SSSR count). The molecule has 17 heavy (non-hydrogen) atoms. The van der Waals surface area contributed by atoms with Crippen LogP contribution in [0.1, 0.15) is 57.2 Å². The summed E-state index contributed by atoms with van der Waals surface area (Å²) in [5.74, 6) is 2.14. The Kier molecular flexibility index (Phi) is 3.08. The maximum absolute atomic E-state index is 4.82. The van der Waals surface area contributed by atoms with Crippen molar-refractivity contribution >= 4 is 5.82 Å². The molecule has 0 bridgehead atoms. The Morgan fingerprint density at radius 3 is 2.94 bits per heavy atom. The molecule has 0 amide bonds. The number of aromatic nitrogens is 2. The highest BCUT2D eigenvalue weighted by Gasteiger charge is 2.30. The van der Waals surface area contributed by atoms with E-state index in [0.29, 0.717) is 6.04 Å². The third-order valence-electron chi connectivity index (χ3n) is 4.30. The number of hydrogen-bond acceptors (Lipinski definition) is 2. The van der Waals surface area contributed by atoms with Crippen LogP contribution in [0.15, 0.2) is 6.07 Å². The number of rotatable bonds is 3. The van der Waals surface area contributed by atoms with Gasteiger partial charge in [0.1, 0.15) is 5.82 Å². The summed E-state index contributed by atoms with van der Waals surface area (Å²) in [4.78, 5) is 0. The zero-order valence-corrected chi connectivity index (χ0v) is 10.8. The predicted octanol–water partition coefficient (Wildman–Crippen LogP) is 3.38. The van der Waals surface area contributed by atoms with Gasteiger partial charge in [-0.3, -0.25) is 0 Å². The molecule has 1 aromatic heterocycles. The van der Waals surface area contributed by atoms with E-state index in [4.69, 9.17) is 5.10 Å². The summed E-state index contributed by atoms with van der Waals surface area (Å²) < 4.78 is 2.30. The van der Waals surface area contributed by atoms with Crippen LogP contribution in [0, 0.1) is 5.92 Å². The van der Waals surface area contributed by atoms with Crippen molar-refractivity contribution in [2.75, 3.05) is 11.9 Å². The molecule has 1 fully saturated rings. The Labute approximate surface area is 104 Å². The minimum absolute atomic E-state index is 0.666. The van der Waals surface area contributed by atoms with E-state index in [2.05, 4.69) is 23.0 Å². The molecular weight excluding hydrogens is 210 g/mol. The fourth-order valence-corrected chi connectivity index (χ4v) is 3.46. The Morgan fingerprint density at radius 1 is 1.35 bits per heavy atom. The summed E-state index contributed by atoms with van der Waals surface area (Å²) in [7, 11) is 0.